The summed E-state index contributed by atoms with van der Waals surface area (Å²) < 4.78 is 0. The van der Waals surface area contributed by atoms with Gasteiger partial charge in [-0.25, -0.2) is 4.99 Å². The van der Waals surface area contributed by atoms with Crippen molar-refractivity contribution >= 4 is 63.6 Å². The third-order valence-electron chi connectivity index (χ3n) is 4.53. The molecule has 2 N–H and O–H groups in total. The van der Waals surface area contributed by atoms with Crippen LogP contribution in [0.15, 0.2) is 93.7 Å². The van der Waals surface area contributed by atoms with E-state index in [1.807, 2.05) is 36.4 Å². The van der Waals surface area contributed by atoms with Gasteiger partial charge in [0.1, 0.15) is 0 Å². The molecule has 0 saturated carbocycles. The first-order chi connectivity index (χ1) is 16.5. The summed E-state index contributed by atoms with van der Waals surface area (Å²) in [4.78, 5) is 40.8. The lowest BCUT2D eigenvalue weighted by Gasteiger charge is -2.06. The third kappa shape index (κ3) is 6.12. The second-order valence-corrected chi connectivity index (χ2v) is 9.05. The van der Waals surface area contributed by atoms with E-state index in [4.69, 9.17) is 0 Å². The van der Waals surface area contributed by atoms with Crippen LogP contribution in [0.2, 0.25) is 0 Å². The van der Waals surface area contributed by atoms with E-state index in [1.165, 1.54) is 6.07 Å². The van der Waals surface area contributed by atoms with Crippen LogP contribution >= 0.6 is 23.5 Å². The lowest BCUT2D eigenvalue weighted by molar-refractivity contribution is -0.387. The Morgan fingerprint density at radius 3 is 2.50 bits per heavy atom. The summed E-state index contributed by atoms with van der Waals surface area (Å²) in [5.74, 6) is -0.562. The van der Waals surface area contributed by atoms with Crippen LogP contribution in [0, 0.1) is 10.1 Å². The Hall–Kier alpha value is -3.89. The highest BCUT2D eigenvalue weighted by Crippen LogP contribution is 2.33. The van der Waals surface area contributed by atoms with Gasteiger partial charge in [-0.2, -0.15) is 0 Å². The van der Waals surface area contributed by atoms with Crippen molar-refractivity contribution in [3.05, 3.63) is 99.4 Å². The van der Waals surface area contributed by atoms with Crippen molar-refractivity contribution in [2.24, 2.45) is 4.99 Å². The predicted octanol–water partition coefficient (Wildman–Crippen LogP) is 5.22. The number of anilines is 1. The summed E-state index contributed by atoms with van der Waals surface area (Å²) >= 11 is 2.24. The standard InChI is InChI=1S/C24H18N4O4S2/c29-22(25-17-7-3-1-4-8-17)15-33-20-12-11-16(13-19(20)28(31)32)14-21-23(30)27-24(34-21)26-18-9-5-2-6-10-18/h1-14H,15H2,(H,25,29)(H,26,27,30)/b21-14-. The van der Waals surface area contributed by atoms with Crippen LogP contribution < -0.4 is 10.6 Å². The van der Waals surface area contributed by atoms with Crippen LogP contribution in [0.25, 0.3) is 6.08 Å². The van der Waals surface area contributed by atoms with E-state index in [9.17, 15) is 19.7 Å². The van der Waals surface area contributed by atoms with Crippen molar-refractivity contribution in [3.63, 3.8) is 0 Å². The average molecular weight is 491 g/mol. The number of nitro benzene ring substituents is 1. The summed E-state index contributed by atoms with van der Waals surface area (Å²) in [7, 11) is 0. The van der Waals surface area contributed by atoms with Crippen molar-refractivity contribution < 1.29 is 14.5 Å². The SMILES string of the molecule is O=C(CSc1ccc(/C=C2\SC(=Nc3ccccc3)NC2=O)cc1[N+](=O)[O-])Nc1ccccc1. The molecule has 34 heavy (non-hydrogen) atoms. The highest BCUT2D eigenvalue weighted by molar-refractivity contribution is 8.18. The molecular weight excluding hydrogens is 472 g/mol. The molecule has 0 bridgehead atoms. The number of nitrogens with zero attached hydrogens (tertiary/aromatic N) is 2. The van der Waals surface area contributed by atoms with E-state index in [2.05, 4.69) is 15.6 Å². The van der Waals surface area contributed by atoms with Crippen LogP contribution in [0.1, 0.15) is 5.56 Å². The van der Waals surface area contributed by atoms with Gasteiger partial charge in [-0.1, -0.05) is 42.5 Å². The zero-order valence-electron chi connectivity index (χ0n) is 17.6. The summed E-state index contributed by atoms with van der Waals surface area (Å²) in [6.45, 7) is 0. The van der Waals surface area contributed by atoms with E-state index in [-0.39, 0.29) is 23.3 Å². The number of nitro groups is 1. The zero-order valence-corrected chi connectivity index (χ0v) is 19.3. The van der Waals surface area contributed by atoms with Gasteiger partial charge in [0.15, 0.2) is 5.17 Å². The van der Waals surface area contributed by atoms with Crippen LogP contribution in [0.4, 0.5) is 17.1 Å². The average Bonchev–Trinajstić information content (AvgIpc) is 3.17. The van der Waals surface area contributed by atoms with Gasteiger partial charge in [-0.15, -0.1) is 11.8 Å². The number of para-hydroxylation sites is 2. The molecule has 0 aromatic heterocycles. The van der Waals surface area contributed by atoms with Gasteiger partial charge in [-0.05, 0) is 53.7 Å². The molecule has 4 rings (SSSR count). The second kappa shape index (κ2) is 10.8. The summed E-state index contributed by atoms with van der Waals surface area (Å²) in [6.07, 6.45) is 1.58. The summed E-state index contributed by atoms with van der Waals surface area (Å²) in [5.41, 5.74) is 1.74. The number of amidine groups is 1. The smallest absolute Gasteiger partial charge is 0.283 e. The van der Waals surface area contributed by atoms with Crippen LogP contribution in [-0.2, 0) is 9.59 Å². The van der Waals surface area contributed by atoms with E-state index in [0.717, 1.165) is 23.5 Å². The normalized spacial score (nSPS) is 15.4. The minimum Gasteiger partial charge on any atom is -0.325 e. The van der Waals surface area contributed by atoms with E-state index >= 15 is 0 Å². The van der Waals surface area contributed by atoms with Crippen LogP contribution in [0.3, 0.4) is 0 Å². The maximum atomic E-state index is 12.3. The molecule has 1 aliphatic heterocycles. The molecule has 3 aromatic rings. The Labute approximate surface area is 203 Å². The molecule has 1 aliphatic rings. The molecule has 1 saturated heterocycles. The maximum Gasteiger partial charge on any atom is 0.283 e. The number of thioether (sulfide) groups is 2. The topological polar surface area (TPSA) is 114 Å². The lowest BCUT2D eigenvalue weighted by Crippen LogP contribution is -2.19. The molecule has 1 fully saturated rings. The Bertz CT molecular complexity index is 1290. The second-order valence-electron chi connectivity index (χ2n) is 7.00. The van der Waals surface area contributed by atoms with Crippen molar-refractivity contribution in [1.29, 1.82) is 0 Å². The Kier molecular flexibility index (Phi) is 7.41. The molecule has 2 amide bonds. The fourth-order valence-electron chi connectivity index (χ4n) is 3.00. The number of carbonyl (C=O) groups excluding carboxylic acids is 2. The Morgan fingerprint density at radius 1 is 1.09 bits per heavy atom. The molecular formula is C24H18N4O4S2. The molecule has 170 valence electrons. The van der Waals surface area contributed by atoms with Crippen molar-refractivity contribution in [3.8, 4) is 0 Å². The molecule has 0 radical (unpaired) electrons. The molecule has 0 atom stereocenters. The first kappa shape index (κ1) is 23.3. The highest BCUT2D eigenvalue weighted by atomic mass is 32.2. The molecule has 0 aliphatic carbocycles. The Morgan fingerprint density at radius 2 is 1.79 bits per heavy atom. The van der Waals surface area contributed by atoms with Gasteiger partial charge in [0.25, 0.3) is 11.6 Å². The largest absolute Gasteiger partial charge is 0.325 e. The quantitative estimate of drug-likeness (QED) is 0.203. The maximum absolute atomic E-state index is 12.3. The molecule has 1 heterocycles. The number of hydrogen-bond acceptors (Lipinski definition) is 7. The molecule has 0 spiro atoms. The van der Waals surface area contributed by atoms with Crippen molar-refractivity contribution in [2.45, 2.75) is 4.90 Å². The third-order valence-corrected chi connectivity index (χ3v) is 6.50. The molecule has 3 aromatic carbocycles. The molecule has 8 nitrogen and oxygen atoms in total. The summed E-state index contributed by atoms with van der Waals surface area (Å²) in [6, 6.07) is 22.9. The zero-order chi connectivity index (χ0) is 23.9. The van der Waals surface area contributed by atoms with Gasteiger partial charge < -0.3 is 10.6 Å². The van der Waals surface area contributed by atoms with Gasteiger partial charge >= 0.3 is 0 Å². The molecule has 10 heteroatoms. The van der Waals surface area contributed by atoms with Crippen molar-refractivity contribution in [2.75, 3.05) is 11.1 Å². The fourth-order valence-corrected chi connectivity index (χ4v) is 4.65. The van der Waals surface area contributed by atoms with Gasteiger partial charge in [0.05, 0.1) is 26.2 Å². The summed E-state index contributed by atoms with van der Waals surface area (Å²) in [5, 5.41) is 17.5. The van der Waals surface area contributed by atoms with Crippen LogP contribution in [0.5, 0.6) is 0 Å². The van der Waals surface area contributed by atoms with E-state index < -0.39 is 4.92 Å². The monoisotopic (exact) mass is 490 g/mol. The first-order valence-corrected chi connectivity index (χ1v) is 11.9. The van der Waals surface area contributed by atoms with Crippen molar-refractivity contribution in [1.82, 2.24) is 5.32 Å². The fraction of sp³-hybridized carbons (Fsp3) is 0.0417. The lowest BCUT2D eigenvalue weighted by atomic mass is 10.2. The van der Waals surface area contributed by atoms with Gasteiger partial charge in [0, 0.05) is 11.8 Å². The highest BCUT2D eigenvalue weighted by Gasteiger charge is 2.24. The van der Waals surface area contributed by atoms with Gasteiger partial charge in [0.2, 0.25) is 5.91 Å². The number of carbonyl (C=O) groups is 2. The number of nitrogens with one attached hydrogen (secondary N) is 2. The van der Waals surface area contributed by atoms with Crippen LogP contribution in [-0.4, -0.2) is 27.7 Å². The minimum absolute atomic E-state index is 0.0216. The number of amides is 2. The van der Waals surface area contributed by atoms with Gasteiger partial charge in [-0.3, -0.25) is 19.7 Å². The number of hydrogen-bond donors (Lipinski definition) is 2. The number of benzene rings is 3. The number of rotatable bonds is 7. The molecule has 0 unspecified atom stereocenters. The Balaban J connectivity index is 1.46. The van der Waals surface area contributed by atoms with E-state index in [1.54, 1.807) is 42.5 Å². The minimum atomic E-state index is -0.496. The first-order valence-electron chi connectivity index (χ1n) is 10.1. The van der Waals surface area contributed by atoms with E-state index in [0.29, 0.717) is 31.9 Å². The number of aliphatic imine (C=N–C) groups is 1. The predicted molar refractivity (Wildman–Crippen MR) is 136 cm³/mol.